The van der Waals surface area contributed by atoms with Crippen LogP contribution in [0.25, 0.3) is 0 Å². The number of nitrogens with zero attached hydrogens (tertiary/aromatic N) is 3. The van der Waals surface area contributed by atoms with E-state index in [0.717, 1.165) is 30.1 Å². The van der Waals surface area contributed by atoms with Gasteiger partial charge >= 0.3 is 11.8 Å². The Hall–Kier alpha value is -2.60. The number of nitrogens with one attached hydrogen (secondary N) is 3. The fourth-order valence-corrected chi connectivity index (χ4v) is 4.03. The van der Waals surface area contributed by atoms with Gasteiger partial charge in [-0.25, -0.2) is 9.97 Å². The van der Waals surface area contributed by atoms with Crippen molar-refractivity contribution in [1.29, 1.82) is 0 Å². The van der Waals surface area contributed by atoms with Gasteiger partial charge in [-0.05, 0) is 19.2 Å². The molecule has 3 rings (SSSR count). The summed E-state index contributed by atoms with van der Waals surface area (Å²) in [6, 6.07) is 2.33. The monoisotopic (exact) mass is 452 g/mol. The molecule has 0 aliphatic carbocycles. The number of carbonyl (C=O) groups is 3. The van der Waals surface area contributed by atoms with Gasteiger partial charge in [-0.1, -0.05) is 11.6 Å². The molecule has 3 amide bonds. The summed E-state index contributed by atoms with van der Waals surface area (Å²) in [7, 11) is 2.00. The Labute approximate surface area is 181 Å². The molecule has 2 aromatic rings. The van der Waals surface area contributed by atoms with E-state index in [2.05, 4.69) is 30.8 Å². The van der Waals surface area contributed by atoms with Gasteiger partial charge in [0.1, 0.15) is 0 Å². The molecule has 0 bridgehead atoms. The van der Waals surface area contributed by atoms with Crippen molar-refractivity contribution in [3.05, 3.63) is 38.9 Å². The summed E-state index contributed by atoms with van der Waals surface area (Å²) in [4.78, 5) is 47.9. The Bertz CT molecular complexity index is 953. The van der Waals surface area contributed by atoms with Gasteiger partial charge in [-0.3, -0.25) is 14.4 Å². The minimum absolute atomic E-state index is 0.0599. The number of anilines is 1. The number of amides is 3. The number of rotatable bonds is 6. The lowest BCUT2D eigenvalue weighted by atomic mass is 10.2. The lowest BCUT2D eigenvalue weighted by molar-refractivity contribution is -0.136. The maximum Gasteiger partial charge on any atom is 0.314 e. The standard InChI is InChI=1S/C18H21ClN6O4S/c1-25-6-4-12-13(8-25)30-18(23-12)17(29)22-10(9-26)7-21-15(27)16(28)24-14-11(19)3-2-5-20-14/h2-3,5,10,26H,4,6-9H2,1H3,(H,21,27)(H,22,29)(H,20,24,28)/t10-/m0/s1. The number of pyridine rings is 1. The average Bonchev–Trinajstić information content (AvgIpc) is 3.15. The van der Waals surface area contributed by atoms with Gasteiger partial charge in [0.25, 0.3) is 5.91 Å². The Morgan fingerprint density at radius 3 is 2.90 bits per heavy atom. The van der Waals surface area contributed by atoms with Crippen LogP contribution in [0.15, 0.2) is 18.3 Å². The number of hydrogen-bond donors (Lipinski definition) is 4. The van der Waals surface area contributed by atoms with Gasteiger partial charge in [-0.2, -0.15) is 0 Å². The molecule has 2 aromatic heterocycles. The Kier molecular flexibility index (Phi) is 7.32. The van der Waals surface area contributed by atoms with Gasteiger partial charge in [0.05, 0.1) is 23.4 Å². The number of aliphatic hydroxyl groups excluding tert-OH is 1. The largest absolute Gasteiger partial charge is 0.394 e. The van der Waals surface area contributed by atoms with E-state index >= 15 is 0 Å². The smallest absolute Gasteiger partial charge is 0.314 e. The van der Waals surface area contributed by atoms with Crippen LogP contribution in [-0.4, -0.2) is 70.5 Å². The quantitative estimate of drug-likeness (QED) is 0.453. The molecule has 160 valence electrons. The second-order valence-corrected chi connectivity index (χ2v) is 8.22. The molecule has 0 saturated carbocycles. The SMILES string of the molecule is CN1CCc2nc(C(=O)N[C@H](CO)CNC(=O)C(=O)Nc3ncccc3Cl)sc2C1. The van der Waals surface area contributed by atoms with Crippen molar-refractivity contribution in [2.75, 3.05) is 32.1 Å². The number of aliphatic hydroxyl groups is 1. The highest BCUT2D eigenvalue weighted by Gasteiger charge is 2.23. The molecule has 0 radical (unpaired) electrons. The molecule has 10 nitrogen and oxygen atoms in total. The number of aromatic nitrogens is 2. The number of hydrogen-bond acceptors (Lipinski definition) is 8. The lowest BCUT2D eigenvalue weighted by Gasteiger charge is -2.20. The van der Waals surface area contributed by atoms with Crippen molar-refractivity contribution in [3.63, 3.8) is 0 Å². The van der Waals surface area contributed by atoms with Crippen LogP contribution in [0.5, 0.6) is 0 Å². The minimum Gasteiger partial charge on any atom is -0.394 e. The van der Waals surface area contributed by atoms with E-state index in [1.807, 2.05) is 7.05 Å². The summed E-state index contributed by atoms with van der Waals surface area (Å²) in [5.41, 5.74) is 0.918. The second-order valence-electron chi connectivity index (χ2n) is 6.73. The van der Waals surface area contributed by atoms with Gasteiger partial charge in [-0.15, -0.1) is 11.3 Å². The van der Waals surface area contributed by atoms with E-state index in [9.17, 15) is 19.5 Å². The predicted octanol–water partition coefficient (Wildman–Crippen LogP) is 0.0250. The zero-order valence-electron chi connectivity index (χ0n) is 16.1. The normalized spacial score (nSPS) is 14.5. The third kappa shape index (κ3) is 5.51. The van der Waals surface area contributed by atoms with E-state index in [1.165, 1.54) is 23.6 Å². The molecule has 30 heavy (non-hydrogen) atoms. The minimum atomic E-state index is -0.963. The van der Waals surface area contributed by atoms with E-state index in [1.54, 1.807) is 6.07 Å². The van der Waals surface area contributed by atoms with Crippen LogP contribution in [0.3, 0.4) is 0 Å². The van der Waals surface area contributed by atoms with Crippen molar-refractivity contribution < 1.29 is 19.5 Å². The molecular weight excluding hydrogens is 432 g/mol. The molecular formula is C18H21ClN6O4S. The maximum absolute atomic E-state index is 12.5. The van der Waals surface area contributed by atoms with Crippen LogP contribution in [0.1, 0.15) is 20.4 Å². The number of likely N-dealkylation sites (N-methyl/N-ethyl adjacent to an activating group) is 1. The molecule has 12 heteroatoms. The first-order valence-corrected chi connectivity index (χ1v) is 10.4. The Morgan fingerprint density at radius 2 is 2.17 bits per heavy atom. The summed E-state index contributed by atoms with van der Waals surface area (Å²) in [5.74, 6) is -2.28. The molecule has 1 aliphatic heterocycles. The lowest BCUT2D eigenvalue weighted by Crippen LogP contribution is -2.48. The van der Waals surface area contributed by atoms with Crippen LogP contribution in [0, 0.1) is 0 Å². The molecule has 0 aromatic carbocycles. The molecule has 4 N–H and O–H groups in total. The van der Waals surface area contributed by atoms with E-state index < -0.39 is 30.4 Å². The van der Waals surface area contributed by atoms with Crippen LogP contribution < -0.4 is 16.0 Å². The summed E-state index contributed by atoms with van der Waals surface area (Å²) in [6.07, 6.45) is 2.20. The number of fused-ring (bicyclic) bond motifs is 1. The van der Waals surface area contributed by atoms with Gasteiger partial charge < -0.3 is 26.0 Å². The van der Waals surface area contributed by atoms with Crippen molar-refractivity contribution in [2.45, 2.75) is 19.0 Å². The topological polar surface area (TPSA) is 137 Å². The molecule has 1 aliphatic rings. The first-order valence-electron chi connectivity index (χ1n) is 9.16. The van der Waals surface area contributed by atoms with Crippen molar-refractivity contribution in [1.82, 2.24) is 25.5 Å². The summed E-state index contributed by atoms with van der Waals surface area (Å²) < 4.78 is 0. The van der Waals surface area contributed by atoms with Crippen LogP contribution in [-0.2, 0) is 22.6 Å². The first kappa shape index (κ1) is 22.1. The number of halogens is 1. The van der Waals surface area contributed by atoms with Gasteiger partial charge in [0.2, 0.25) is 0 Å². The van der Waals surface area contributed by atoms with Crippen molar-refractivity contribution >= 4 is 46.5 Å². The summed E-state index contributed by atoms with van der Waals surface area (Å²) in [5, 5.41) is 17.3. The van der Waals surface area contributed by atoms with Gasteiger partial charge in [0, 0.05) is 37.1 Å². The summed E-state index contributed by atoms with van der Waals surface area (Å²) >= 11 is 7.20. The van der Waals surface area contributed by atoms with Crippen molar-refractivity contribution in [3.8, 4) is 0 Å². The predicted molar refractivity (Wildman–Crippen MR) is 111 cm³/mol. The Balaban J connectivity index is 1.51. The second kappa shape index (κ2) is 9.94. The third-order valence-corrected chi connectivity index (χ3v) is 5.76. The first-order chi connectivity index (χ1) is 14.4. The maximum atomic E-state index is 12.5. The summed E-state index contributed by atoms with van der Waals surface area (Å²) in [6.45, 7) is 1.07. The molecule has 0 unspecified atom stereocenters. The zero-order chi connectivity index (χ0) is 21.7. The van der Waals surface area contributed by atoms with Crippen LogP contribution >= 0.6 is 22.9 Å². The average molecular weight is 453 g/mol. The fraction of sp³-hybridized carbons (Fsp3) is 0.389. The molecule has 0 spiro atoms. The van der Waals surface area contributed by atoms with Crippen molar-refractivity contribution in [2.24, 2.45) is 0 Å². The molecule has 1 atom stereocenters. The zero-order valence-corrected chi connectivity index (χ0v) is 17.7. The number of thiazole rings is 1. The third-order valence-electron chi connectivity index (χ3n) is 4.38. The molecule has 0 saturated heterocycles. The van der Waals surface area contributed by atoms with Crippen LogP contribution in [0.4, 0.5) is 5.82 Å². The fourth-order valence-electron chi connectivity index (χ4n) is 2.77. The van der Waals surface area contributed by atoms with Crippen LogP contribution in [0.2, 0.25) is 5.02 Å². The highest BCUT2D eigenvalue weighted by atomic mass is 35.5. The molecule has 3 heterocycles. The van der Waals surface area contributed by atoms with E-state index in [0.29, 0.717) is 5.01 Å². The highest BCUT2D eigenvalue weighted by Crippen LogP contribution is 2.24. The Morgan fingerprint density at radius 1 is 1.37 bits per heavy atom. The highest BCUT2D eigenvalue weighted by molar-refractivity contribution is 7.13. The van der Waals surface area contributed by atoms with E-state index in [-0.39, 0.29) is 17.4 Å². The van der Waals surface area contributed by atoms with E-state index in [4.69, 9.17) is 11.6 Å². The molecule has 0 fully saturated rings. The number of carbonyl (C=O) groups excluding carboxylic acids is 3. The van der Waals surface area contributed by atoms with Gasteiger partial charge in [0.15, 0.2) is 10.8 Å².